The Morgan fingerprint density at radius 2 is 2.27 bits per heavy atom. The molecule has 2 rings (SSSR count). The molecule has 0 aromatic rings. The highest BCUT2D eigenvalue weighted by atomic mass is 19.3. The molecule has 2 fully saturated rings. The van der Waals surface area contributed by atoms with Crippen molar-refractivity contribution in [2.45, 2.75) is 31.7 Å². The van der Waals surface area contributed by atoms with E-state index in [9.17, 15) is 13.6 Å². The number of likely N-dealkylation sites (N-methyl/N-ethyl adjacent to an activating group) is 1. The molecule has 0 radical (unpaired) electrons. The van der Waals surface area contributed by atoms with E-state index in [1.165, 1.54) is 0 Å². The minimum absolute atomic E-state index is 0.00102. The van der Waals surface area contributed by atoms with E-state index in [0.29, 0.717) is 19.8 Å². The van der Waals surface area contributed by atoms with Crippen molar-refractivity contribution in [3.05, 3.63) is 0 Å². The number of hydrogen-bond acceptors (Lipinski definition) is 2. The fraction of sp³-hybridized carbons (Fsp3) is 0.900. The number of amides is 1. The van der Waals surface area contributed by atoms with E-state index in [-0.39, 0.29) is 12.5 Å². The van der Waals surface area contributed by atoms with Gasteiger partial charge in [0.1, 0.15) is 5.92 Å². The first-order chi connectivity index (χ1) is 7.06. The number of alkyl halides is 2. The summed E-state index contributed by atoms with van der Waals surface area (Å²) in [6.07, 6.45) is 0.480. The predicted octanol–water partition coefficient (Wildman–Crippen LogP) is 1.28. The Morgan fingerprint density at radius 3 is 2.67 bits per heavy atom. The Labute approximate surface area is 87.4 Å². The van der Waals surface area contributed by atoms with E-state index in [1.54, 1.807) is 4.90 Å². The molecule has 0 spiro atoms. The monoisotopic (exact) mass is 219 g/mol. The average molecular weight is 219 g/mol. The van der Waals surface area contributed by atoms with Crippen LogP contribution in [0.4, 0.5) is 8.78 Å². The molecule has 1 saturated carbocycles. The van der Waals surface area contributed by atoms with Gasteiger partial charge in [-0.05, 0) is 13.3 Å². The predicted molar refractivity (Wildman–Crippen MR) is 49.7 cm³/mol. The topological polar surface area (TPSA) is 29.5 Å². The number of rotatable bonds is 3. The second-order valence-electron chi connectivity index (χ2n) is 4.16. The van der Waals surface area contributed by atoms with Crippen LogP contribution in [-0.4, -0.2) is 42.5 Å². The lowest BCUT2D eigenvalue weighted by Gasteiger charge is -2.26. The number of ether oxygens (including phenoxy) is 1. The molecule has 0 aromatic carbocycles. The van der Waals surface area contributed by atoms with Gasteiger partial charge in [0.25, 0.3) is 5.92 Å². The van der Waals surface area contributed by atoms with Crippen LogP contribution in [0.1, 0.15) is 19.8 Å². The first kappa shape index (κ1) is 10.8. The van der Waals surface area contributed by atoms with Gasteiger partial charge in [-0.1, -0.05) is 0 Å². The van der Waals surface area contributed by atoms with Gasteiger partial charge in [-0.25, -0.2) is 8.78 Å². The molecule has 0 unspecified atom stereocenters. The molecule has 0 bridgehead atoms. The second-order valence-corrected chi connectivity index (χ2v) is 4.16. The van der Waals surface area contributed by atoms with Crippen molar-refractivity contribution in [3.8, 4) is 0 Å². The maximum atomic E-state index is 12.8. The largest absolute Gasteiger partial charge is 0.379 e. The van der Waals surface area contributed by atoms with Gasteiger partial charge in [0.15, 0.2) is 0 Å². The maximum absolute atomic E-state index is 12.8. The standard InChI is InChI=1S/C10H15F2NO2/c1-2-13(7-3-4-15-6-7)9(14)8-5-10(8,11)12/h7-8H,2-6H2,1H3/t7-,8-/m0/s1. The van der Waals surface area contributed by atoms with Crippen molar-refractivity contribution in [3.63, 3.8) is 0 Å². The summed E-state index contributed by atoms with van der Waals surface area (Å²) in [5.41, 5.74) is 0. The zero-order valence-electron chi connectivity index (χ0n) is 8.71. The van der Waals surface area contributed by atoms with E-state index in [2.05, 4.69) is 0 Å². The number of carbonyl (C=O) groups excluding carboxylic acids is 1. The summed E-state index contributed by atoms with van der Waals surface area (Å²) in [6.45, 7) is 3.41. The summed E-state index contributed by atoms with van der Waals surface area (Å²) >= 11 is 0. The molecule has 1 aliphatic carbocycles. The van der Waals surface area contributed by atoms with Gasteiger partial charge >= 0.3 is 0 Å². The van der Waals surface area contributed by atoms with Gasteiger partial charge in [0, 0.05) is 19.6 Å². The Morgan fingerprint density at radius 1 is 1.60 bits per heavy atom. The van der Waals surface area contributed by atoms with Gasteiger partial charge in [-0.3, -0.25) is 4.79 Å². The van der Waals surface area contributed by atoms with Crippen LogP contribution in [0.15, 0.2) is 0 Å². The number of hydrogen-bond donors (Lipinski definition) is 0. The molecule has 2 aliphatic rings. The zero-order valence-corrected chi connectivity index (χ0v) is 8.71. The van der Waals surface area contributed by atoms with Gasteiger partial charge in [-0.15, -0.1) is 0 Å². The summed E-state index contributed by atoms with van der Waals surface area (Å²) in [7, 11) is 0. The van der Waals surface area contributed by atoms with Crippen molar-refractivity contribution in [2.24, 2.45) is 5.92 Å². The van der Waals surface area contributed by atoms with Crippen LogP contribution in [0, 0.1) is 5.92 Å². The third-order valence-electron chi connectivity index (χ3n) is 3.09. The Bertz CT molecular complexity index is 264. The molecule has 0 aromatic heterocycles. The van der Waals surface area contributed by atoms with Crippen LogP contribution in [0.25, 0.3) is 0 Å². The molecule has 1 heterocycles. The molecule has 3 nitrogen and oxygen atoms in total. The third-order valence-corrected chi connectivity index (χ3v) is 3.09. The average Bonchev–Trinajstić information content (AvgIpc) is 2.66. The lowest BCUT2D eigenvalue weighted by molar-refractivity contribution is -0.137. The highest BCUT2D eigenvalue weighted by Crippen LogP contribution is 2.49. The molecule has 5 heteroatoms. The van der Waals surface area contributed by atoms with Crippen LogP contribution >= 0.6 is 0 Å². The lowest BCUT2D eigenvalue weighted by atomic mass is 10.2. The first-order valence-corrected chi connectivity index (χ1v) is 5.32. The summed E-state index contributed by atoms with van der Waals surface area (Å²) < 4.78 is 30.7. The molecule has 86 valence electrons. The summed E-state index contributed by atoms with van der Waals surface area (Å²) in [6, 6.07) is -0.00102. The summed E-state index contributed by atoms with van der Waals surface area (Å²) in [5.74, 6) is -4.24. The number of carbonyl (C=O) groups is 1. The Hall–Kier alpha value is -0.710. The molecule has 15 heavy (non-hydrogen) atoms. The quantitative estimate of drug-likeness (QED) is 0.715. The fourth-order valence-corrected chi connectivity index (χ4v) is 2.04. The normalized spacial score (nSPS) is 32.7. The highest BCUT2D eigenvalue weighted by molar-refractivity contribution is 5.83. The lowest BCUT2D eigenvalue weighted by Crippen LogP contribution is -2.42. The van der Waals surface area contributed by atoms with Crippen molar-refractivity contribution < 1.29 is 18.3 Å². The summed E-state index contributed by atoms with van der Waals surface area (Å²) in [4.78, 5) is 13.3. The van der Waals surface area contributed by atoms with Gasteiger partial charge in [0.05, 0.1) is 12.6 Å². The van der Waals surface area contributed by atoms with Crippen molar-refractivity contribution >= 4 is 5.91 Å². The van der Waals surface area contributed by atoms with Crippen LogP contribution in [0.3, 0.4) is 0 Å². The molecular formula is C10H15F2NO2. The van der Waals surface area contributed by atoms with E-state index in [0.717, 1.165) is 6.42 Å². The molecule has 2 atom stereocenters. The van der Waals surface area contributed by atoms with Gasteiger partial charge in [0.2, 0.25) is 5.91 Å². The van der Waals surface area contributed by atoms with E-state index in [1.807, 2.05) is 6.92 Å². The maximum Gasteiger partial charge on any atom is 0.260 e. The minimum atomic E-state index is -2.76. The summed E-state index contributed by atoms with van der Waals surface area (Å²) in [5, 5.41) is 0. The van der Waals surface area contributed by atoms with E-state index in [4.69, 9.17) is 4.74 Å². The van der Waals surface area contributed by atoms with Crippen molar-refractivity contribution in [1.82, 2.24) is 4.90 Å². The number of halogens is 2. The van der Waals surface area contributed by atoms with Crippen LogP contribution in [0.5, 0.6) is 0 Å². The Balaban J connectivity index is 1.97. The van der Waals surface area contributed by atoms with Gasteiger partial charge in [-0.2, -0.15) is 0 Å². The van der Waals surface area contributed by atoms with Crippen LogP contribution in [0.2, 0.25) is 0 Å². The smallest absolute Gasteiger partial charge is 0.260 e. The van der Waals surface area contributed by atoms with Crippen LogP contribution in [-0.2, 0) is 9.53 Å². The second kappa shape index (κ2) is 3.70. The molecule has 0 N–H and O–H groups in total. The van der Waals surface area contributed by atoms with Crippen molar-refractivity contribution in [2.75, 3.05) is 19.8 Å². The molecule has 1 amide bonds. The minimum Gasteiger partial charge on any atom is -0.379 e. The zero-order chi connectivity index (χ0) is 11.1. The molecule has 1 aliphatic heterocycles. The van der Waals surface area contributed by atoms with Crippen LogP contribution < -0.4 is 0 Å². The highest BCUT2D eigenvalue weighted by Gasteiger charge is 2.62. The Kier molecular flexibility index (Phi) is 2.66. The van der Waals surface area contributed by atoms with Crippen molar-refractivity contribution in [1.29, 1.82) is 0 Å². The SMILES string of the molecule is CCN(C(=O)[C@@H]1CC1(F)F)[C@H]1CCOC1. The fourth-order valence-electron chi connectivity index (χ4n) is 2.04. The third kappa shape index (κ3) is 1.97. The molecule has 1 saturated heterocycles. The molecular weight excluding hydrogens is 204 g/mol. The van der Waals surface area contributed by atoms with Gasteiger partial charge < -0.3 is 9.64 Å². The van der Waals surface area contributed by atoms with E-state index < -0.39 is 17.7 Å². The van der Waals surface area contributed by atoms with E-state index >= 15 is 0 Å². The first-order valence-electron chi connectivity index (χ1n) is 5.32. The number of nitrogens with zero attached hydrogens (tertiary/aromatic N) is 1.